The van der Waals surface area contributed by atoms with Gasteiger partial charge < -0.3 is 15.0 Å². The number of carbonyl (C=O) groups is 2. The highest BCUT2D eigenvalue weighted by atomic mass is 32.1. The second-order valence-electron chi connectivity index (χ2n) is 7.74. The third-order valence-corrected chi connectivity index (χ3v) is 7.11. The molecule has 1 aromatic rings. The monoisotopic (exact) mass is 391 g/mol. The van der Waals surface area contributed by atoms with E-state index in [2.05, 4.69) is 10.2 Å². The molecule has 27 heavy (non-hydrogen) atoms. The molecule has 2 fully saturated rings. The van der Waals surface area contributed by atoms with Crippen molar-refractivity contribution in [3.63, 3.8) is 0 Å². The molecule has 6 nitrogen and oxygen atoms in total. The molecule has 0 radical (unpaired) electrons. The number of fused-ring (bicyclic) bond motifs is 1. The zero-order valence-corrected chi connectivity index (χ0v) is 16.7. The lowest BCUT2D eigenvalue weighted by molar-refractivity contribution is -0.125. The van der Waals surface area contributed by atoms with Gasteiger partial charge in [-0.15, -0.1) is 11.3 Å². The Hall–Kier alpha value is -1.44. The molecule has 0 bridgehead atoms. The zero-order chi connectivity index (χ0) is 18.6. The Morgan fingerprint density at radius 1 is 1.19 bits per heavy atom. The fourth-order valence-corrected chi connectivity index (χ4v) is 5.41. The summed E-state index contributed by atoms with van der Waals surface area (Å²) >= 11 is 1.64. The van der Waals surface area contributed by atoms with E-state index >= 15 is 0 Å². The third kappa shape index (κ3) is 4.52. The molecule has 1 atom stereocenters. The van der Waals surface area contributed by atoms with Crippen LogP contribution in [0.3, 0.4) is 0 Å². The van der Waals surface area contributed by atoms with Crippen LogP contribution < -0.4 is 5.32 Å². The number of hydrogen-bond donors (Lipinski definition) is 1. The summed E-state index contributed by atoms with van der Waals surface area (Å²) in [4.78, 5) is 31.6. The van der Waals surface area contributed by atoms with Gasteiger partial charge in [0.2, 0.25) is 5.91 Å². The van der Waals surface area contributed by atoms with E-state index in [-0.39, 0.29) is 17.7 Å². The van der Waals surface area contributed by atoms with E-state index in [1.165, 1.54) is 10.4 Å². The van der Waals surface area contributed by atoms with E-state index in [0.717, 1.165) is 82.9 Å². The first kappa shape index (κ1) is 18.9. The first-order chi connectivity index (χ1) is 13.2. The van der Waals surface area contributed by atoms with Crippen molar-refractivity contribution in [3.8, 4) is 0 Å². The summed E-state index contributed by atoms with van der Waals surface area (Å²) in [6.07, 6.45) is 4.79. The van der Waals surface area contributed by atoms with Crippen LogP contribution in [-0.4, -0.2) is 74.1 Å². The van der Waals surface area contributed by atoms with Crippen LogP contribution >= 0.6 is 11.3 Å². The van der Waals surface area contributed by atoms with Gasteiger partial charge in [-0.3, -0.25) is 14.5 Å². The van der Waals surface area contributed by atoms with Crippen LogP contribution in [0.2, 0.25) is 0 Å². The van der Waals surface area contributed by atoms with Crippen LogP contribution in [0, 0.1) is 5.92 Å². The summed E-state index contributed by atoms with van der Waals surface area (Å²) in [7, 11) is 0. The summed E-state index contributed by atoms with van der Waals surface area (Å²) in [5.74, 6) is 0.373. The molecule has 2 saturated heterocycles. The standard InChI is InChI=1S/C20H29N3O3S/c24-19(21-5-8-22-9-11-26-12-10-22)15-3-4-17-16(13-15)14-18(27-17)20(25)23-6-1-2-7-23/h14-15H,1-13H2,(H,21,24)/t15-/m0/s1. The number of nitrogens with one attached hydrogen (secondary N) is 1. The van der Waals surface area contributed by atoms with Crippen molar-refractivity contribution in [2.24, 2.45) is 5.92 Å². The molecule has 0 unspecified atom stereocenters. The lowest BCUT2D eigenvalue weighted by atomic mass is 9.88. The minimum atomic E-state index is 0.0338. The molecule has 3 heterocycles. The topological polar surface area (TPSA) is 61.9 Å². The number of carbonyl (C=O) groups excluding carboxylic acids is 2. The average Bonchev–Trinajstić information content (AvgIpc) is 3.37. The van der Waals surface area contributed by atoms with Crippen molar-refractivity contribution in [1.82, 2.24) is 15.1 Å². The first-order valence-electron chi connectivity index (χ1n) is 10.2. The van der Waals surface area contributed by atoms with Gasteiger partial charge in [0.25, 0.3) is 5.91 Å². The van der Waals surface area contributed by atoms with Crippen molar-refractivity contribution < 1.29 is 14.3 Å². The van der Waals surface area contributed by atoms with Gasteiger partial charge in [-0.05, 0) is 43.7 Å². The number of nitrogens with zero attached hydrogens (tertiary/aromatic N) is 2. The maximum atomic E-state index is 12.6. The molecule has 7 heteroatoms. The van der Waals surface area contributed by atoms with Crippen LogP contribution in [0.1, 0.15) is 39.4 Å². The normalized spacial score (nSPS) is 23.3. The van der Waals surface area contributed by atoms with Crippen LogP contribution in [0.4, 0.5) is 0 Å². The average molecular weight is 392 g/mol. The van der Waals surface area contributed by atoms with Crippen molar-refractivity contribution in [3.05, 3.63) is 21.4 Å². The van der Waals surface area contributed by atoms with Crippen molar-refractivity contribution in [1.29, 1.82) is 0 Å². The molecule has 1 aromatic heterocycles. The smallest absolute Gasteiger partial charge is 0.263 e. The van der Waals surface area contributed by atoms with E-state index < -0.39 is 0 Å². The van der Waals surface area contributed by atoms with Gasteiger partial charge in [0.15, 0.2) is 0 Å². The number of rotatable bonds is 5. The predicted molar refractivity (Wildman–Crippen MR) is 105 cm³/mol. The van der Waals surface area contributed by atoms with Crippen molar-refractivity contribution >= 4 is 23.2 Å². The Kier molecular flexibility index (Phi) is 6.10. The maximum absolute atomic E-state index is 12.6. The Morgan fingerprint density at radius 2 is 1.96 bits per heavy atom. The fourth-order valence-electron chi connectivity index (χ4n) is 4.24. The van der Waals surface area contributed by atoms with Crippen LogP contribution in [0.5, 0.6) is 0 Å². The van der Waals surface area contributed by atoms with Gasteiger partial charge in [-0.2, -0.15) is 0 Å². The van der Waals surface area contributed by atoms with Crippen molar-refractivity contribution in [2.75, 3.05) is 52.5 Å². The summed E-state index contributed by atoms with van der Waals surface area (Å²) < 4.78 is 5.35. The van der Waals surface area contributed by atoms with Crippen LogP contribution in [-0.2, 0) is 22.4 Å². The van der Waals surface area contributed by atoms with E-state index in [9.17, 15) is 9.59 Å². The minimum Gasteiger partial charge on any atom is -0.379 e. The van der Waals surface area contributed by atoms with Gasteiger partial charge in [0.1, 0.15) is 0 Å². The number of aryl methyl sites for hydroxylation is 1. The molecule has 0 spiro atoms. The number of morpholine rings is 1. The summed E-state index contributed by atoms with van der Waals surface area (Å²) in [5, 5.41) is 3.11. The Morgan fingerprint density at radius 3 is 2.74 bits per heavy atom. The Balaban J connectivity index is 1.28. The molecule has 148 valence electrons. The highest BCUT2D eigenvalue weighted by molar-refractivity contribution is 7.14. The van der Waals surface area contributed by atoms with Crippen LogP contribution in [0.15, 0.2) is 6.07 Å². The number of hydrogen-bond acceptors (Lipinski definition) is 5. The molecule has 2 amide bonds. The molecule has 4 rings (SSSR count). The van der Waals surface area contributed by atoms with Crippen molar-refractivity contribution in [2.45, 2.75) is 32.1 Å². The highest BCUT2D eigenvalue weighted by Crippen LogP contribution is 2.33. The summed E-state index contributed by atoms with van der Waals surface area (Å²) in [5.41, 5.74) is 1.21. The second-order valence-corrected chi connectivity index (χ2v) is 8.88. The fraction of sp³-hybridized carbons (Fsp3) is 0.700. The largest absolute Gasteiger partial charge is 0.379 e. The zero-order valence-electron chi connectivity index (χ0n) is 15.9. The van der Waals surface area contributed by atoms with Crippen LogP contribution in [0.25, 0.3) is 0 Å². The molecular weight excluding hydrogens is 362 g/mol. The molecular formula is C20H29N3O3S. The molecule has 3 aliphatic rings. The SMILES string of the molecule is O=C(NCCN1CCOCC1)[C@H]1CCc2sc(C(=O)N3CCCC3)cc2C1. The molecule has 1 N–H and O–H groups in total. The number of amides is 2. The molecule has 0 saturated carbocycles. The van der Waals surface area contributed by atoms with Gasteiger partial charge in [-0.1, -0.05) is 0 Å². The van der Waals surface area contributed by atoms with Gasteiger partial charge in [0.05, 0.1) is 18.1 Å². The van der Waals surface area contributed by atoms with Gasteiger partial charge in [-0.25, -0.2) is 0 Å². The second kappa shape index (κ2) is 8.71. The lowest BCUT2D eigenvalue weighted by Gasteiger charge is -2.27. The van der Waals surface area contributed by atoms with E-state index in [1.807, 2.05) is 11.0 Å². The maximum Gasteiger partial charge on any atom is 0.263 e. The van der Waals surface area contributed by atoms with Gasteiger partial charge in [0, 0.05) is 50.1 Å². The minimum absolute atomic E-state index is 0.0338. The molecule has 0 aromatic carbocycles. The predicted octanol–water partition coefficient (Wildman–Crippen LogP) is 1.54. The summed E-state index contributed by atoms with van der Waals surface area (Å²) in [6, 6.07) is 2.05. The first-order valence-corrected chi connectivity index (χ1v) is 11.0. The quantitative estimate of drug-likeness (QED) is 0.827. The highest BCUT2D eigenvalue weighted by Gasteiger charge is 2.29. The Bertz CT molecular complexity index is 678. The number of thiophene rings is 1. The third-order valence-electron chi connectivity index (χ3n) is 5.89. The number of ether oxygens (including phenoxy) is 1. The molecule has 1 aliphatic carbocycles. The van der Waals surface area contributed by atoms with E-state index in [4.69, 9.17) is 4.74 Å². The lowest BCUT2D eigenvalue weighted by Crippen LogP contribution is -2.43. The van der Waals surface area contributed by atoms with E-state index in [1.54, 1.807) is 11.3 Å². The van der Waals surface area contributed by atoms with E-state index in [0.29, 0.717) is 6.54 Å². The number of likely N-dealkylation sites (tertiary alicyclic amines) is 1. The summed E-state index contributed by atoms with van der Waals surface area (Å²) in [6.45, 7) is 6.83. The Labute approximate surface area is 164 Å². The molecule has 2 aliphatic heterocycles. The van der Waals surface area contributed by atoms with Gasteiger partial charge >= 0.3 is 0 Å².